The monoisotopic (exact) mass is 272 g/mol. The smallest absolute Gasteiger partial charge is 0.0558 e. The Balaban J connectivity index is 1.70. The van der Waals surface area contributed by atoms with Crippen molar-refractivity contribution in [3.63, 3.8) is 0 Å². The van der Waals surface area contributed by atoms with Gasteiger partial charge in [-0.2, -0.15) is 0 Å². The predicted molar refractivity (Wildman–Crippen MR) is 75.9 cm³/mol. The molecule has 1 saturated heterocycles. The summed E-state index contributed by atoms with van der Waals surface area (Å²) in [7, 11) is 0. The van der Waals surface area contributed by atoms with Crippen molar-refractivity contribution in [3.05, 3.63) is 21.3 Å². The third-order valence-electron chi connectivity index (χ3n) is 3.28. The van der Waals surface area contributed by atoms with Crippen molar-refractivity contribution in [2.24, 2.45) is 0 Å². The number of nitrogens with one attached hydrogen (secondary N) is 1. The number of hydrogen-bond donors (Lipinski definition) is 1. The van der Waals surface area contributed by atoms with Crippen molar-refractivity contribution in [2.75, 3.05) is 19.6 Å². The van der Waals surface area contributed by atoms with Gasteiger partial charge in [0.15, 0.2) is 0 Å². The molecule has 2 nitrogen and oxygen atoms in total. The molecule has 1 fully saturated rings. The van der Waals surface area contributed by atoms with Gasteiger partial charge >= 0.3 is 0 Å². The van der Waals surface area contributed by atoms with Crippen LogP contribution in [-0.4, -0.2) is 30.6 Å². The van der Waals surface area contributed by atoms with Crippen LogP contribution in [0.4, 0.5) is 0 Å². The molecule has 1 aromatic rings. The molecule has 1 atom stereocenters. The summed E-state index contributed by atoms with van der Waals surface area (Å²) in [6.45, 7) is 6.85. The number of hydrogen-bond acceptors (Lipinski definition) is 3. The van der Waals surface area contributed by atoms with Crippen molar-refractivity contribution in [1.29, 1.82) is 0 Å². The Hall–Kier alpha value is -0.0900. The highest BCUT2D eigenvalue weighted by molar-refractivity contribution is 7.10. The highest BCUT2D eigenvalue weighted by atomic mass is 35.5. The summed E-state index contributed by atoms with van der Waals surface area (Å²) in [5, 5.41) is 6.50. The van der Waals surface area contributed by atoms with Crippen LogP contribution in [0.15, 0.2) is 11.4 Å². The largest absolute Gasteiger partial charge is 0.308 e. The first-order valence-electron chi connectivity index (χ1n) is 6.43. The van der Waals surface area contributed by atoms with E-state index in [0.717, 1.165) is 18.1 Å². The van der Waals surface area contributed by atoms with Crippen molar-refractivity contribution in [1.82, 2.24) is 10.2 Å². The maximum atomic E-state index is 6.08. The molecule has 2 heterocycles. The summed E-state index contributed by atoms with van der Waals surface area (Å²) in [6, 6.07) is 2.50. The van der Waals surface area contributed by atoms with Gasteiger partial charge in [0.05, 0.1) is 5.02 Å². The average Bonchev–Trinajstić information content (AvgIpc) is 2.74. The third kappa shape index (κ3) is 4.25. The Kier molecular flexibility index (Phi) is 5.29. The van der Waals surface area contributed by atoms with Crippen LogP contribution >= 0.6 is 22.9 Å². The molecule has 0 aromatic carbocycles. The van der Waals surface area contributed by atoms with Crippen LogP contribution in [0.1, 0.15) is 31.1 Å². The molecule has 2 rings (SSSR count). The molecule has 4 heteroatoms. The van der Waals surface area contributed by atoms with Gasteiger partial charge in [0.25, 0.3) is 0 Å². The summed E-state index contributed by atoms with van der Waals surface area (Å²) in [6.07, 6.45) is 4.13. The van der Waals surface area contributed by atoms with Gasteiger partial charge in [-0.25, -0.2) is 0 Å². The molecule has 96 valence electrons. The molecule has 0 aliphatic carbocycles. The molecule has 1 unspecified atom stereocenters. The van der Waals surface area contributed by atoms with Crippen LogP contribution in [0, 0.1) is 0 Å². The van der Waals surface area contributed by atoms with Crippen molar-refractivity contribution in [3.8, 4) is 0 Å². The fraction of sp³-hybridized carbons (Fsp3) is 0.692. The van der Waals surface area contributed by atoms with Crippen molar-refractivity contribution in [2.45, 2.75) is 38.8 Å². The maximum absolute atomic E-state index is 6.08. The van der Waals surface area contributed by atoms with E-state index in [-0.39, 0.29) is 0 Å². The number of halogens is 1. The lowest BCUT2D eigenvalue weighted by Gasteiger charge is -2.29. The van der Waals surface area contributed by atoms with Crippen molar-refractivity contribution < 1.29 is 0 Å². The second-order valence-corrected chi connectivity index (χ2v) is 6.24. The molecule has 1 aromatic heterocycles. The van der Waals surface area contributed by atoms with E-state index in [9.17, 15) is 0 Å². The maximum Gasteiger partial charge on any atom is 0.0558 e. The van der Waals surface area contributed by atoms with Gasteiger partial charge < -0.3 is 10.2 Å². The molecule has 0 bridgehead atoms. The van der Waals surface area contributed by atoms with Gasteiger partial charge in [-0.3, -0.25) is 0 Å². The zero-order chi connectivity index (χ0) is 12.1. The Morgan fingerprint density at radius 2 is 2.18 bits per heavy atom. The Labute approximate surface area is 113 Å². The minimum atomic E-state index is 0.534. The molecule has 1 aliphatic rings. The molecular weight excluding hydrogens is 252 g/mol. The number of thiophene rings is 1. The standard InChI is InChI=1S/C13H21ClN2S/c1-11(10-16-6-3-2-4-7-16)15-9-13-12(14)5-8-17-13/h5,8,11,15H,2-4,6-7,9-10H2,1H3. The van der Waals surface area contributed by atoms with Gasteiger partial charge in [-0.15, -0.1) is 11.3 Å². The molecule has 0 radical (unpaired) electrons. The first-order chi connectivity index (χ1) is 8.25. The lowest BCUT2D eigenvalue weighted by Crippen LogP contribution is -2.41. The molecule has 17 heavy (non-hydrogen) atoms. The molecule has 1 N–H and O–H groups in total. The topological polar surface area (TPSA) is 15.3 Å². The van der Waals surface area contributed by atoms with Gasteiger partial charge in [0.2, 0.25) is 0 Å². The van der Waals surface area contributed by atoms with Gasteiger partial charge in [0, 0.05) is 24.0 Å². The van der Waals surface area contributed by atoms with E-state index >= 15 is 0 Å². The van der Waals surface area contributed by atoms with Gasteiger partial charge in [-0.05, 0) is 44.3 Å². The number of likely N-dealkylation sites (tertiary alicyclic amines) is 1. The van der Waals surface area contributed by atoms with Gasteiger partial charge in [0.1, 0.15) is 0 Å². The Bertz CT molecular complexity index is 334. The predicted octanol–water partition coefficient (Wildman–Crippen LogP) is 3.37. The van der Waals surface area contributed by atoms with E-state index in [2.05, 4.69) is 22.5 Å². The van der Waals surface area contributed by atoms with Gasteiger partial charge in [-0.1, -0.05) is 18.0 Å². The number of rotatable bonds is 5. The SMILES string of the molecule is CC(CN1CCCCC1)NCc1sccc1Cl. The van der Waals surface area contributed by atoms with E-state index in [0.29, 0.717) is 6.04 Å². The molecular formula is C13H21ClN2S. The molecule has 1 aliphatic heterocycles. The lowest BCUT2D eigenvalue weighted by molar-refractivity contribution is 0.209. The highest BCUT2D eigenvalue weighted by Crippen LogP contribution is 2.21. The number of piperidine rings is 1. The van der Waals surface area contributed by atoms with Crippen LogP contribution in [-0.2, 0) is 6.54 Å². The normalized spacial score (nSPS) is 19.4. The van der Waals surface area contributed by atoms with E-state index in [1.165, 1.54) is 37.2 Å². The van der Waals surface area contributed by atoms with E-state index in [4.69, 9.17) is 11.6 Å². The third-order valence-corrected chi connectivity index (χ3v) is 4.67. The first kappa shape index (κ1) is 13.3. The van der Waals surface area contributed by atoms with Crippen LogP contribution in [0.5, 0.6) is 0 Å². The summed E-state index contributed by atoms with van der Waals surface area (Å²) < 4.78 is 0. The van der Waals surface area contributed by atoms with Crippen LogP contribution in [0.2, 0.25) is 5.02 Å². The summed E-state index contributed by atoms with van der Waals surface area (Å²) in [5.74, 6) is 0. The minimum absolute atomic E-state index is 0.534. The molecule has 0 spiro atoms. The first-order valence-corrected chi connectivity index (χ1v) is 7.69. The zero-order valence-electron chi connectivity index (χ0n) is 10.4. The second-order valence-electron chi connectivity index (χ2n) is 4.83. The van der Waals surface area contributed by atoms with Crippen LogP contribution in [0.3, 0.4) is 0 Å². The summed E-state index contributed by atoms with van der Waals surface area (Å²) in [4.78, 5) is 3.81. The summed E-state index contributed by atoms with van der Waals surface area (Å²) in [5.41, 5.74) is 0. The fourth-order valence-electron chi connectivity index (χ4n) is 2.31. The van der Waals surface area contributed by atoms with Crippen LogP contribution in [0.25, 0.3) is 0 Å². The lowest BCUT2D eigenvalue weighted by atomic mass is 10.1. The Morgan fingerprint density at radius 3 is 2.82 bits per heavy atom. The van der Waals surface area contributed by atoms with Crippen LogP contribution < -0.4 is 5.32 Å². The van der Waals surface area contributed by atoms with E-state index in [1.807, 2.05) is 6.07 Å². The van der Waals surface area contributed by atoms with E-state index < -0.39 is 0 Å². The number of nitrogens with zero attached hydrogens (tertiary/aromatic N) is 1. The zero-order valence-corrected chi connectivity index (χ0v) is 12.0. The Morgan fingerprint density at radius 1 is 1.41 bits per heavy atom. The molecule has 0 saturated carbocycles. The second kappa shape index (κ2) is 6.74. The minimum Gasteiger partial charge on any atom is -0.308 e. The molecule has 0 amide bonds. The van der Waals surface area contributed by atoms with E-state index in [1.54, 1.807) is 11.3 Å². The fourth-order valence-corrected chi connectivity index (χ4v) is 3.37. The quantitative estimate of drug-likeness (QED) is 0.884. The highest BCUT2D eigenvalue weighted by Gasteiger charge is 2.13. The summed E-state index contributed by atoms with van der Waals surface area (Å²) >= 11 is 7.80. The average molecular weight is 273 g/mol. The van der Waals surface area contributed by atoms with Crippen molar-refractivity contribution >= 4 is 22.9 Å².